The highest BCUT2D eigenvalue weighted by molar-refractivity contribution is 6.32. The van der Waals surface area contributed by atoms with Gasteiger partial charge < -0.3 is 24.7 Å². The molecule has 0 atom stereocenters. The zero-order valence-corrected chi connectivity index (χ0v) is 15.7. The van der Waals surface area contributed by atoms with Crippen LogP contribution in [0.3, 0.4) is 0 Å². The molecule has 0 aliphatic rings. The summed E-state index contributed by atoms with van der Waals surface area (Å²) in [6.45, 7) is 4.12. The monoisotopic (exact) mass is 388 g/mol. The van der Waals surface area contributed by atoms with Gasteiger partial charge in [0.1, 0.15) is 0 Å². The lowest BCUT2D eigenvalue weighted by Gasteiger charge is -2.29. The molecule has 0 aliphatic carbocycles. The van der Waals surface area contributed by atoms with Crippen molar-refractivity contribution in [3.05, 3.63) is 28.2 Å². The van der Waals surface area contributed by atoms with Crippen molar-refractivity contribution in [1.29, 1.82) is 0 Å². The van der Waals surface area contributed by atoms with Gasteiger partial charge in [-0.25, -0.2) is 9.59 Å². The normalized spacial score (nSPS) is 10.8. The molecule has 0 radical (unpaired) electrons. The Kier molecular flexibility index (Phi) is 7.63. The van der Waals surface area contributed by atoms with Gasteiger partial charge in [-0.05, 0) is 13.8 Å². The van der Waals surface area contributed by atoms with Crippen LogP contribution in [-0.4, -0.2) is 43.7 Å². The van der Waals surface area contributed by atoms with Crippen LogP contribution in [0.5, 0.6) is 5.75 Å². The molecule has 26 heavy (non-hydrogen) atoms. The Labute approximate surface area is 155 Å². The van der Waals surface area contributed by atoms with Crippen LogP contribution in [0.15, 0.2) is 12.3 Å². The maximum Gasteiger partial charge on any atom is 0.344 e. The Bertz CT molecular complexity index is 675. The number of pyridine rings is 1. The molecule has 0 fully saturated rings. The van der Waals surface area contributed by atoms with Crippen LogP contribution in [0, 0.1) is 5.21 Å². The van der Waals surface area contributed by atoms with E-state index in [9.17, 15) is 19.6 Å². The van der Waals surface area contributed by atoms with Gasteiger partial charge in [0.25, 0.3) is 0 Å². The van der Waals surface area contributed by atoms with Crippen LogP contribution in [0.1, 0.15) is 26.5 Å². The quantitative estimate of drug-likeness (QED) is 0.298. The molecule has 1 N–H and O–H groups in total. The first-order valence-electron chi connectivity index (χ1n) is 7.80. The molecular formula is C16H21ClN2O7. The first-order chi connectivity index (χ1) is 12.2. The Morgan fingerprint density at radius 1 is 1.23 bits per heavy atom. The van der Waals surface area contributed by atoms with Crippen LogP contribution >= 0.6 is 11.6 Å². The van der Waals surface area contributed by atoms with Gasteiger partial charge in [0.2, 0.25) is 23.4 Å². The molecule has 0 saturated carbocycles. The fraction of sp³-hybridized carbons (Fsp3) is 0.500. The summed E-state index contributed by atoms with van der Waals surface area (Å²) in [6.07, 6.45) is 0.532. The van der Waals surface area contributed by atoms with Crippen molar-refractivity contribution in [3.63, 3.8) is 0 Å². The second-order valence-corrected chi connectivity index (χ2v) is 5.62. The lowest BCUT2D eigenvalue weighted by atomic mass is 9.92. The average molecular weight is 389 g/mol. The van der Waals surface area contributed by atoms with Gasteiger partial charge >= 0.3 is 11.9 Å². The summed E-state index contributed by atoms with van der Waals surface area (Å²) in [7, 11) is 1.33. The van der Waals surface area contributed by atoms with Gasteiger partial charge in [-0.2, -0.15) is 4.73 Å². The highest BCUT2D eigenvalue weighted by atomic mass is 35.5. The van der Waals surface area contributed by atoms with Gasteiger partial charge in [0.05, 0.1) is 31.8 Å². The summed E-state index contributed by atoms with van der Waals surface area (Å²) >= 11 is 6.02. The van der Waals surface area contributed by atoms with E-state index in [-0.39, 0.29) is 29.7 Å². The van der Waals surface area contributed by atoms with Gasteiger partial charge in [0, 0.05) is 13.0 Å². The van der Waals surface area contributed by atoms with Crippen LogP contribution in [-0.2, 0) is 30.3 Å². The van der Waals surface area contributed by atoms with E-state index >= 15 is 0 Å². The maximum atomic E-state index is 12.5. The van der Waals surface area contributed by atoms with E-state index < -0.39 is 29.8 Å². The summed E-state index contributed by atoms with van der Waals surface area (Å²) < 4.78 is 15.2. The molecule has 144 valence electrons. The second-order valence-electron chi connectivity index (χ2n) is 5.21. The minimum absolute atomic E-state index is 0.0414. The van der Waals surface area contributed by atoms with Gasteiger partial charge in [-0.3, -0.25) is 4.79 Å². The highest BCUT2D eigenvalue weighted by Crippen LogP contribution is 2.25. The number of carbonyl (C=O) groups is 3. The van der Waals surface area contributed by atoms with E-state index in [1.807, 2.05) is 0 Å². The van der Waals surface area contributed by atoms with Gasteiger partial charge in [0.15, 0.2) is 5.69 Å². The number of amides is 1. The Morgan fingerprint density at radius 2 is 1.77 bits per heavy atom. The number of hydrogen-bond donors (Lipinski definition) is 1. The van der Waals surface area contributed by atoms with E-state index in [0.29, 0.717) is 4.73 Å². The number of aromatic nitrogens is 1. The molecule has 0 bridgehead atoms. The van der Waals surface area contributed by atoms with Crippen LogP contribution in [0.4, 0.5) is 0 Å². The SMILES string of the molecule is CCOC(=O)C(Cc1cc(Cl)c(OC)c[n+]1[O-])(NC(C)=O)C(=O)OCC. The molecule has 0 saturated heterocycles. The molecule has 0 spiro atoms. The number of ether oxygens (including phenoxy) is 3. The molecular weight excluding hydrogens is 368 g/mol. The largest absolute Gasteiger partial charge is 0.618 e. The molecule has 9 nitrogen and oxygen atoms in total. The van der Waals surface area contributed by atoms with Gasteiger partial charge in [-0.15, -0.1) is 0 Å². The van der Waals surface area contributed by atoms with E-state index in [4.69, 9.17) is 25.8 Å². The van der Waals surface area contributed by atoms with Gasteiger partial charge in [-0.1, -0.05) is 11.6 Å². The Hall–Kier alpha value is -2.55. The number of halogens is 1. The number of nitrogens with one attached hydrogen (secondary N) is 1. The maximum absolute atomic E-state index is 12.5. The number of nitrogens with zero attached hydrogens (tertiary/aromatic N) is 1. The predicted octanol–water partition coefficient (Wildman–Crippen LogP) is 0.526. The first kappa shape index (κ1) is 21.5. The number of methoxy groups -OCH3 is 1. The lowest BCUT2D eigenvalue weighted by Crippen LogP contribution is -2.63. The van der Waals surface area contributed by atoms with Crippen molar-refractivity contribution < 1.29 is 33.3 Å². The van der Waals surface area contributed by atoms with Crippen LogP contribution < -0.4 is 14.8 Å². The van der Waals surface area contributed by atoms with Crippen molar-refractivity contribution in [2.75, 3.05) is 20.3 Å². The summed E-state index contributed by atoms with van der Waals surface area (Å²) in [5.41, 5.74) is -2.28. The third-order valence-electron chi connectivity index (χ3n) is 3.35. The molecule has 0 aliphatic heterocycles. The molecule has 1 aromatic heterocycles. The molecule has 10 heteroatoms. The van der Waals surface area contributed by atoms with Crippen molar-refractivity contribution in [1.82, 2.24) is 5.32 Å². The number of carbonyl (C=O) groups excluding carboxylic acids is 3. The molecule has 1 amide bonds. The average Bonchev–Trinajstić information content (AvgIpc) is 2.56. The third kappa shape index (κ3) is 4.75. The fourth-order valence-corrected chi connectivity index (χ4v) is 2.52. The van der Waals surface area contributed by atoms with E-state index in [2.05, 4.69) is 5.32 Å². The van der Waals surface area contributed by atoms with Crippen molar-refractivity contribution in [3.8, 4) is 5.75 Å². The van der Waals surface area contributed by atoms with Crippen molar-refractivity contribution in [2.24, 2.45) is 0 Å². The second kappa shape index (κ2) is 9.23. The van der Waals surface area contributed by atoms with E-state index in [1.165, 1.54) is 13.2 Å². The summed E-state index contributed by atoms with van der Waals surface area (Å²) in [5.74, 6) is -2.65. The summed E-state index contributed by atoms with van der Waals surface area (Å²) in [6, 6.07) is 1.24. The zero-order chi connectivity index (χ0) is 19.9. The summed E-state index contributed by atoms with van der Waals surface area (Å²) in [5, 5.41) is 14.6. The highest BCUT2D eigenvalue weighted by Gasteiger charge is 2.52. The van der Waals surface area contributed by atoms with Crippen LogP contribution in [0.25, 0.3) is 0 Å². The lowest BCUT2D eigenvalue weighted by molar-refractivity contribution is -0.614. The molecule has 0 aromatic carbocycles. The predicted molar refractivity (Wildman–Crippen MR) is 90.5 cm³/mol. The number of rotatable bonds is 8. The van der Waals surface area contributed by atoms with Crippen LogP contribution in [0.2, 0.25) is 5.02 Å². The Balaban J connectivity index is 3.48. The van der Waals surface area contributed by atoms with E-state index in [0.717, 1.165) is 13.1 Å². The smallest absolute Gasteiger partial charge is 0.344 e. The fourth-order valence-electron chi connectivity index (χ4n) is 2.27. The minimum atomic E-state index is -2.22. The molecule has 0 unspecified atom stereocenters. The standard InChI is InChI=1S/C16H21ClN2O7/c1-5-25-14(21)16(18-10(3)20,15(22)26-6-2)8-11-7-12(17)13(24-4)9-19(11)23/h7,9H,5-6,8H2,1-4H3,(H,18,20). The first-order valence-corrected chi connectivity index (χ1v) is 8.18. The topological polar surface area (TPSA) is 118 Å². The van der Waals surface area contributed by atoms with E-state index in [1.54, 1.807) is 13.8 Å². The van der Waals surface area contributed by atoms with Crippen molar-refractivity contribution >= 4 is 29.4 Å². The molecule has 1 heterocycles. The number of esters is 2. The molecule has 1 aromatic rings. The third-order valence-corrected chi connectivity index (χ3v) is 3.65. The minimum Gasteiger partial charge on any atom is -0.618 e. The Morgan fingerprint density at radius 3 is 2.19 bits per heavy atom. The summed E-state index contributed by atoms with van der Waals surface area (Å²) in [4.78, 5) is 36.7. The zero-order valence-electron chi connectivity index (χ0n) is 15.0. The number of hydrogen-bond acceptors (Lipinski definition) is 7. The molecule has 1 rings (SSSR count). The van der Waals surface area contributed by atoms with Crippen molar-refractivity contribution in [2.45, 2.75) is 32.7 Å².